The van der Waals surface area contributed by atoms with Crippen LogP contribution in [-0.2, 0) is 14.3 Å². The smallest absolute Gasteiger partial charge is 0.177 e. The molecule has 1 unspecified atom stereocenters. The summed E-state index contributed by atoms with van der Waals surface area (Å²) in [6, 6.07) is 8.25. The Bertz CT molecular complexity index is 546. The Hall–Kier alpha value is -1.19. The molecule has 0 radical (unpaired) electrons. The van der Waals surface area contributed by atoms with E-state index in [2.05, 4.69) is 12.1 Å². The number of carbonyl (C=O) groups excluding carboxylic acids is 1. The number of rotatable bonds is 1. The Morgan fingerprint density at radius 2 is 2.00 bits per heavy atom. The molecule has 1 spiro atoms. The molecule has 0 amide bonds. The number of Topliss-reactive ketones (excluding diaryl/α,β-unsaturated/α-hetero) is 1. The number of ether oxygens (including phenoxy) is 2. The van der Waals surface area contributed by atoms with E-state index < -0.39 is 5.60 Å². The van der Waals surface area contributed by atoms with Crippen LogP contribution in [0.2, 0.25) is 0 Å². The maximum atomic E-state index is 12.7. The summed E-state index contributed by atoms with van der Waals surface area (Å²) in [6.45, 7) is 2.63. The van der Waals surface area contributed by atoms with Crippen molar-refractivity contribution >= 4 is 5.78 Å². The molecule has 3 heteroatoms. The minimum absolute atomic E-state index is 0.163. The predicted octanol–water partition coefficient (Wildman–Crippen LogP) is 2.01. The summed E-state index contributed by atoms with van der Waals surface area (Å²) in [6.07, 6.45) is 0.872. The zero-order valence-corrected chi connectivity index (χ0v) is 10.6. The highest BCUT2D eigenvalue weighted by atomic mass is 16.6. The van der Waals surface area contributed by atoms with Crippen LogP contribution >= 0.6 is 0 Å². The van der Waals surface area contributed by atoms with Gasteiger partial charge >= 0.3 is 0 Å². The average Bonchev–Trinajstić information content (AvgIpc) is 3.17. The van der Waals surface area contributed by atoms with Crippen LogP contribution in [0.15, 0.2) is 24.3 Å². The molecular formula is C15H16O3. The molecule has 4 atom stereocenters. The molecule has 18 heavy (non-hydrogen) atoms. The number of epoxide rings is 1. The van der Waals surface area contributed by atoms with Gasteiger partial charge in [-0.15, -0.1) is 0 Å². The van der Waals surface area contributed by atoms with E-state index in [0.29, 0.717) is 6.61 Å². The summed E-state index contributed by atoms with van der Waals surface area (Å²) in [4.78, 5) is 12.7. The van der Waals surface area contributed by atoms with Gasteiger partial charge in [-0.25, -0.2) is 0 Å². The van der Waals surface area contributed by atoms with Crippen LogP contribution in [0.4, 0.5) is 0 Å². The van der Waals surface area contributed by atoms with Crippen LogP contribution in [0.1, 0.15) is 36.3 Å². The van der Waals surface area contributed by atoms with Crippen molar-refractivity contribution < 1.29 is 14.3 Å². The molecule has 4 aliphatic rings. The van der Waals surface area contributed by atoms with Crippen molar-refractivity contribution in [1.29, 1.82) is 0 Å². The van der Waals surface area contributed by atoms with Crippen molar-refractivity contribution in [3.8, 4) is 0 Å². The minimum atomic E-state index is -0.517. The maximum absolute atomic E-state index is 12.7. The summed E-state index contributed by atoms with van der Waals surface area (Å²) < 4.78 is 11.3. The first kappa shape index (κ1) is 10.7. The van der Waals surface area contributed by atoms with Gasteiger partial charge in [-0.1, -0.05) is 24.3 Å². The zero-order valence-electron chi connectivity index (χ0n) is 10.6. The Morgan fingerprint density at radius 3 is 2.61 bits per heavy atom. The van der Waals surface area contributed by atoms with Gasteiger partial charge in [0.1, 0.15) is 0 Å². The van der Waals surface area contributed by atoms with Crippen molar-refractivity contribution in [3.63, 3.8) is 0 Å². The van der Waals surface area contributed by atoms with Gasteiger partial charge < -0.3 is 9.47 Å². The highest BCUT2D eigenvalue weighted by Crippen LogP contribution is 2.62. The van der Waals surface area contributed by atoms with Crippen LogP contribution < -0.4 is 0 Å². The van der Waals surface area contributed by atoms with Gasteiger partial charge in [-0.05, 0) is 24.5 Å². The fourth-order valence-corrected chi connectivity index (χ4v) is 3.93. The first-order chi connectivity index (χ1) is 8.62. The first-order valence-electron chi connectivity index (χ1n) is 6.45. The third-order valence-electron chi connectivity index (χ3n) is 5.07. The maximum Gasteiger partial charge on any atom is 0.177 e. The van der Waals surface area contributed by atoms with Crippen LogP contribution in [0, 0.1) is 0 Å². The highest BCUT2D eigenvalue weighted by molar-refractivity contribution is 6.01. The minimum Gasteiger partial charge on any atom is -0.377 e. The van der Waals surface area contributed by atoms with Crippen LogP contribution in [0.5, 0.6) is 0 Å². The van der Waals surface area contributed by atoms with Gasteiger partial charge in [0, 0.05) is 13.0 Å². The Kier molecular flexibility index (Phi) is 1.80. The summed E-state index contributed by atoms with van der Waals surface area (Å²) >= 11 is 0. The number of fused-ring (bicyclic) bond motifs is 1. The van der Waals surface area contributed by atoms with E-state index in [9.17, 15) is 4.79 Å². The predicted molar refractivity (Wildman–Crippen MR) is 65.6 cm³/mol. The van der Waals surface area contributed by atoms with E-state index in [0.717, 1.165) is 12.0 Å². The lowest BCUT2D eigenvalue weighted by Gasteiger charge is -2.51. The summed E-state index contributed by atoms with van der Waals surface area (Å²) in [7, 11) is 1.71. The molecule has 1 saturated carbocycles. The molecule has 2 bridgehead atoms. The molecule has 1 saturated heterocycles. The molecule has 1 aromatic carbocycles. The van der Waals surface area contributed by atoms with Crippen LogP contribution in [0.3, 0.4) is 0 Å². The van der Waals surface area contributed by atoms with Crippen molar-refractivity contribution in [2.24, 2.45) is 0 Å². The first-order valence-corrected chi connectivity index (χ1v) is 6.45. The number of hydrogen-bond acceptors (Lipinski definition) is 3. The molecule has 2 fully saturated rings. The second-order valence-corrected chi connectivity index (χ2v) is 5.88. The van der Waals surface area contributed by atoms with Crippen molar-refractivity contribution in [3.05, 3.63) is 35.4 Å². The lowest BCUT2D eigenvalue weighted by atomic mass is 9.55. The SMILES string of the molecule is CO[C@@]1(C)C[C@H]2c3ccccc3[C@@H]1C(=O)C21CO1. The Morgan fingerprint density at radius 1 is 1.33 bits per heavy atom. The van der Waals surface area contributed by atoms with Gasteiger partial charge in [0.2, 0.25) is 0 Å². The third-order valence-corrected chi connectivity index (χ3v) is 5.07. The summed E-state index contributed by atoms with van der Waals surface area (Å²) in [5.41, 5.74) is 1.53. The van der Waals surface area contributed by atoms with Crippen LogP contribution in [0.25, 0.3) is 0 Å². The molecule has 1 aliphatic heterocycles. The van der Waals surface area contributed by atoms with Gasteiger partial charge in [0.25, 0.3) is 0 Å². The Balaban J connectivity index is 1.97. The quantitative estimate of drug-likeness (QED) is 0.709. The lowest BCUT2D eigenvalue weighted by Crippen LogP contribution is -2.57. The number of benzene rings is 1. The van der Waals surface area contributed by atoms with Gasteiger partial charge in [-0.2, -0.15) is 0 Å². The number of ketones is 1. The molecule has 5 rings (SSSR count). The molecule has 1 heterocycles. The second kappa shape index (κ2) is 3.03. The van der Waals surface area contributed by atoms with E-state index in [4.69, 9.17) is 9.47 Å². The molecule has 0 aromatic heterocycles. The van der Waals surface area contributed by atoms with E-state index in [1.54, 1.807) is 7.11 Å². The number of carbonyl (C=O) groups is 1. The van der Waals surface area contributed by atoms with Gasteiger partial charge in [-0.3, -0.25) is 4.79 Å². The zero-order chi connectivity index (χ0) is 12.5. The lowest BCUT2D eigenvalue weighted by molar-refractivity contribution is -0.145. The Labute approximate surface area is 106 Å². The monoisotopic (exact) mass is 244 g/mol. The molecule has 94 valence electrons. The third kappa shape index (κ3) is 1.01. The standard InChI is InChI=1S/C15H16O3/c1-14(17-2)7-11-9-5-3-4-6-10(9)12(14)13(16)15(11)8-18-15/h3-6,11-12H,7-8H2,1-2H3/t11-,12+,14-,15?/m0/s1. The number of hydrogen-bond donors (Lipinski definition) is 0. The van der Waals surface area contributed by atoms with E-state index in [1.807, 2.05) is 19.1 Å². The van der Waals surface area contributed by atoms with Crippen LogP contribution in [-0.4, -0.2) is 30.7 Å². The normalized spacial score (nSPS) is 44.2. The molecule has 3 nitrogen and oxygen atoms in total. The fraction of sp³-hybridized carbons (Fsp3) is 0.533. The average molecular weight is 244 g/mol. The second-order valence-electron chi connectivity index (χ2n) is 5.88. The van der Waals surface area contributed by atoms with Crippen molar-refractivity contribution in [2.75, 3.05) is 13.7 Å². The number of methoxy groups -OCH3 is 1. The molecule has 1 aromatic rings. The van der Waals surface area contributed by atoms with E-state index in [-0.39, 0.29) is 23.2 Å². The van der Waals surface area contributed by atoms with Crippen molar-refractivity contribution in [2.45, 2.75) is 36.4 Å². The van der Waals surface area contributed by atoms with E-state index in [1.165, 1.54) is 5.56 Å². The van der Waals surface area contributed by atoms with Gasteiger partial charge in [0.15, 0.2) is 11.4 Å². The molecular weight excluding hydrogens is 228 g/mol. The fourth-order valence-electron chi connectivity index (χ4n) is 3.93. The van der Waals surface area contributed by atoms with Crippen molar-refractivity contribution in [1.82, 2.24) is 0 Å². The largest absolute Gasteiger partial charge is 0.377 e. The summed E-state index contributed by atoms with van der Waals surface area (Å²) in [5.74, 6) is 0.212. The molecule has 3 aliphatic carbocycles. The highest BCUT2D eigenvalue weighted by Gasteiger charge is 2.70. The topological polar surface area (TPSA) is 38.8 Å². The summed E-state index contributed by atoms with van der Waals surface area (Å²) in [5, 5.41) is 0. The molecule has 0 N–H and O–H groups in total. The van der Waals surface area contributed by atoms with Gasteiger partial charge in [0.05, 0.1) is 18.1 Å². The van der Waals surface area contributed by atoms with E-state index >= 15 is 0 Å².